The first-order valence-corrected chi connectivity index (χ1v) is 21.1. The standard InChI is InChI=1S/C54H32N4S/c1-2-13-33-31(12-1)24-26-44-51(33)52(32-25-27-50-43(28-32)38-18-7-10-23-49(38)59-50)56-54(55-44)58-46-22-9-6-17-37(46)41-29-47-42(30-48(41)58)40-20-11-19-39-35-15-4-3-14-34(35)36-16-5-8-21-45(36)57(47)53(39)40/h1-30,41,48H. The molecule has 2 aliphatic heterocycles. The van der Waals surface area contributed by atoms with E-state index in [0.29, 0.717) is 0 Å². The number of rotatable bonds is 2. The highest BCUT2D eigenvalue weighted by Gasteiger charge is 2.41. The molecule has 274 valence electrons. The Morgan fingerprint density at radius 2 is 1.22 bits per heavy atom. The molecule has 0 spiro atoms. The van der Waals surface area contributed by atoms with Gasteiger partial charge in [0.25, 0.3) is 0 Å². The third-order valence-electron chi connectivity index (χ3n) is 13.1. The first-order chi connectivity index (χ1) is 29.3. The largest absolute Gasteiger partial charge is 0.308 e. The van der Waals surface area contributed by atoms with Gasteiger partial charge in [-0.25, -0.2) is 9.97 Å². The molecule has 5 heterocycles. The normalized spacial score (nSPS) is 16.0. The summed E-state index contributed by atoms with van der Waals surface area (Å²) in [6.45, 7) is 0. The molecule has 0 radical (unpaired) electrons. The van der Waals surface area contributed by atoms with E-state index in [-0.39, 0.29) is 12.0 Å². The molecule has 5 heteroatoms. The van der Waals surface area contributed by atoms with Crippen LogP contribution >= 0.6 is 11.3 Å². The molecule has 0 bridgehead atoms. The zero-order valence-electron chi connectivity index (χ0n) is 31.7. The van der Waals surface area contributed by atoms with Crippen molar-refractivity contribution in [2.45, 2.75) is 12.0 Å². The fourth-order valence-electron chi connectivity index (χ4n) is 10.6. The molecule has 4 nitrogen and oxygen atoms in total. The van der Waals surface area contributed by atoms with E-state index in [9.17, 15) is 0 Å². The number of para-hydroxylation sites is 3. The lowest BCUT2D eigenvalue weighted by Gasteiger charge is -2.27. The number of hydrogen-bond donors (Lipinski definition) is 0. The Balaban J connectivity index is 1.05. The number of anilines is 2. The zero-order chi connectivity index (χ0) is 38.3. The maximum absolute atomic E-state index is 5.67. The van der Waals surface area contributed by atoms with Gasteiger partial charge in [0, 0.05) is 64.5 Å². The van der Waals surface area contributed by atoms with Crippen molar-refractivity contribution in [3.05, 3.63) is 186 Å². The molecule has 3 aliphatic rings. The van der Waals surface area contributed by atoms with E-state index in [1.54, 1.807) is 0 Å². The molecule has 3 aromatic heterocycles. The molecule has 59 heavy (non-hydrogen) atoms. The number of nitrogens with zero attached hydrogens (tertiary/aromatic N) is 4. The third-order valence-corrected chi connectivity index (χ3v) is 14.2. The first kappa shape index (κ1) is 31.7. The van der Waals surface area contributed by atoms with Gasteiger partial charge >= 0.3 is 0 Å². The van der Waals surface area contributed by atoms with Crippen LogP contribution in [0.25, 0.3) is 104 Å². The molecule has 0 saturated heterocycles. The molecule has 2 atom stereocenters. The minimum Gasteiger partial charge on any atom is -0.308 e. The molecule has 0 fully saturated rings. The Kier molecular flexibility index (Phi) is 6.25. The number of hydrogen-bond acceptors (Lipinski definition) is 4. The lowest BCUT2D eigenvalue weighted by Crippen LogP contribution is -2.40. The van der Waals surface area contributed by atoms with Crippen LogP contribution in [-0.2, 0) is 0 Å². The van der Waals surface area contributed by atoms with Crippen molar-refractivity contribution < 1.29 is 0 Å². The van der Waals surface area contributed by atoms with Crippen LogP contribution in [-0.4, -0.2) is 20.6 Å². The Hall–Kier alpha value is -7.34. The van der Waals surface area contributed by atoms with Crippen LogP contribution in [0.3, 0.4) is 0 Å². The van der Waals surface area contributed by atoms with Crippen LogP contribution in [0, 0.1) is 0 Å². The fraction of sp³-hybridized carbons (Fsp3) is 0.0370. The quantitative estimate of drug-likeness (QED) is 0.164. The van der Waals surface area contributed by atoms with Gasteiger partial charge in [0.2, 0.25) is 5.95 Å². The average Bonchev–Trinajstić information content (AvgIpc) is 3.92. The van der Waals surface area contributed by atoms with Gasteiger partial charge in [-0.2, -0.15) is 0 Å². The molecule has 14 rings (SSSR count). The van der Waals surface area contributed by atoms with Crippen LogP contribution in [0.5, 0.6) is 0 Å². The number of aromatic nitrogens is 3. The van der Waals surface area contributed by atoms with Crippen LogP contribution in [0.2, 0.25) is 0 Å². The minimum absolute atomic E-state index is 0.0258. The van der Waals surface area contributed by atoms with Gasteiger partial charge in [-0.15, -0.1) is 11.3 Å². The van der Waals surface area contributed by atoms with E-state index in [4.69, 9.17) is 9.97 Å². The van der Waals surface area contributed by atoms with Gasteiger partial charge in [-0.3, -0.25) is 0 Å². The molecular formula is C54H32N4S. The van der Waals surface area contributed by atoms with Gasteiger partial charge in [0.1, 0.15) is 0 Å². The number of benzene rings is 8. The van der Waals surface area contributed by atoms with Gasteiger partial charge in [-0.05, 0) is 69.9 Å². The monoisotopic (exact) mass is 768 g/mol. The number of thiophene rings is 1. The summed E-state index contributed by atoms with van der Waals surface area (Å²) in [6.07, 6.45) is 5.04. The highest BCUT2D eigenvalue weighted by molar-refractivity contribution is 7.25. The predicted octanol–water partition coefficient (Wildman–Crippen LogP) is 12.3. The lowest BCUT2D eigenvalue weighted by atomic mass is 9.90. The molecule has 11 aromatic rings. The van der Waals surface area contributed by atoms with Crippen molar-refractivity contribution in [1.82, 2.24) is 14.5 Å². The molecule has 2 unspecified atom stereocenters. The second kappa shape index (κ2) is 11.6. The summed E-state index contributed by atoms with van der Waals surface area (Å²) in [6, 6.07) is 62.1. The number of fused-ring (bicyclic) bond motifs is 17. The van der Waals surface area contributed by atoms with E-state index in [1.165, 1.54) is 80.5 Å². The maximum Gasteiger partial charge on any atom is 0.231 e. The second-order valence-corrected chi connectivity index (χ2v) is 17.1. The summed E-state index contributed by atoms with van der Waals surface area (Å²) in [5.74, 6) is 0.810. The predicted molar refractivity (Wildman–Crippen MR) is 246 cm³/mol. The van der Waals surface area contributed by atoms with E-state index in [1.807, 2.05) is 11.3 Å². The van der Waals surface area contributed by atoms with E-state index < -0.39 is 0 Å². The van der Waals surface area contributed by atoms with Crippen LogP contribution in [0.15, 0.2) is 170 Å². The van der Waals surface area contributed by atoms with Crippen LogP contribution in [0.4, 0.5) is 11.6 Å². The Morgan fingerprint density at radius 3 is 2.14 bits per heavy atom. The summed E-state index contributed by atoms with van der Waals surface area (Å²) in [7, 11) is 0. The Bertz CT molecular complexity index is 3780. The molecular weight excluding hydrogens is 737 g/mol. The van der Waals surface area contributed by atoms with Gasteiger partial charge in [0.15, 0.2) is 0 Å². The smallest absolute Gasteiger partial charge is 0.231 e. The Morgan fingerprint density at radius 1 is 0.508 bits per heavy atom. The second-order valence-electron chi connectivity index (χ2n) is 16.0. The summed E-state index contributed by atoms with van der Waals surface area (Å²) in [5.41, 5.74) is 13.0. The summed E-state index contributed by atoms with van der Waals surface area (Å²) < 4.78 is 5.12. The molecule has 0 saturated carbocycles. The molecule has 8 aromatic carbocycles. The van der Waals surface area contributed by atoms with Crippen LogP contribution in [0.1, 0.15) is 11.5 Å². The SMILES string of the molecule is C1=c2c(n3c4c(cccc24)-c2ccccc2-c2ccccc2-3)=CC2c3ccccc3N(c3nc(-c4ccc5sc6ccccc6c5c4)c4c(ccc5ccccc54)n3)C12. The zero-order valence-corrected chi connectivity index (χ0v) is 32.5. The van der Waals surface area contributed by atoms with Crippen molar-refractivity contribution in [2.24, 2.45) is 0 Å². The summed E-state index contributed by atoms with van der Waals surface area (Å²) in [4.78, 5) is 13.6. The highest BCUT2D eigenvalue weighted by Crippen LogP contribution is 2.49. The average molecular weight is 769 g/mol. The van der Waals surface area contributed by atoms with Crippen LogP contribution < -0.4 is 15.5 Å². The first-order valence-electron chi connectivity index (χ1n) is 20.3. The topological polar surface area (TPSA) is 34.0 Å². The molecule has 0 N–H and O–H groups in total. The Labute approximate surface area is 342 Å². The van der Waals surface area contributed by atoms with Gasteiger partial charge in [0.05, 0.1) is 33.8 Å². The molecule has 0 amide bonds. The minimum atomic E-state index is -0.0258. The molecule has 1 aliphatic carbocycles. The maximum atomic E-state index is 5.67. The van der Waals surface area contributed by atoms with Gasteiger partial charge < -0.3 is 9.47 Å². The lowest BCUT2D eigenvalue weighted by molar-refractivity contribution is 0.780. The van der Waals surface area contributed by atoms with Crippen molar-refractivity contribution in [1.29, 1.82) is 0 Å². The highest BCUT2D eigenvalue weighted by atomic mass is 32.1. The summed E-state index contributed by atoms with van der Waals surface area (Å²) in [5, 5.41) is 9.74. The summed E-state index contributed by atoms with van der Waals surface area (Å²) >= 11 is 1.85. The van der Waals surface area contributed by atoms with Crippen molar-refractivity contribution in [3.63, 3.8) is 0 Å². The van der Waals surface area contributed by atoms with E-state index in [2.05, 4.69) is 191 Å². The van der Waals surface area contributed by atoms with Crippen molar-refractivity contribution in [3.8, 4) is 39.2 Å². The van der Waals surface area contributed by atoms with Crippen molar-refractivity contribution >= 4 is 87.9 Å². The van der Waals surface area contributed by atoms with E-state index >= 15 is 0 Å². The van der Waals surface area contributed by atoms with Gasteiger partial charge in [-0.1, -0.05) is 140 Å². The van der Waals surface area contributed by atoms with Crippen molar-refractivity contribution in [2.75, 3.05) is 4.90 Å². The van der Waals surface area contributed by atoms with E-state index in [0.717, 1.165) is 39.2 Å². The third kappa shape index (κ3) is 4.27. The fourth-order valence-corrected chi connectivity index (χ4v) is 11.6.